The van der Waals surface area contributed by atoms with Gasteiger partial charge in [-0.1, -0.05) is 12.5 Å². The number of rotatable bonds is 6. The van der Waals surface area contributed by atoms with Gasteiger partial charge >= 0.3 is 0 Å². The Morgan fingerprint density at radius 2 is 1.68 bits per heavy atom. The molecule has 7 heteroatoms. The molecule has 0 bridgehead atoms. The highest BCUT2D eigenvalue weighted by molar-refractivity contribution is 5.78. The molecule has 3 aliphatic rings. The Morgan fingerprint density at radius 1 is 0.871 bits per heavy atom. The molecule has 0 N–H and O–H groups in total. The van der Waals surface area contributed by atoms with E-state index in [1.165, 1.54) is 19.3 Å². The summed E-state index contributed by atoms with van der Waals surface area (Å²) in [6.07, 6.45) is 9.24. The number of pyridine rings is 1. The van der Waals surface area contributed by atoms with Crippen molar-refractivity contribution >= 4 is 17.6 Å². The maximum Gasteiger partial charge on any atom is 0.236 e. The lowest BCUT2D eigenvalue weighted by Gasteiger charge is -2.37. The lowest BCUT2D eigenvalue weighted by Crippen LogP contribution is -2.49. The Bertz CT molecular complexity index is 714. The first-order valence-electron chi connectivity index (χ1n) is 12.1. The number of hydrogen-bond acceptors (Lipinski definition) is 5. The van der Waals surface area contributed by atoms with E-state index in [9.17, 15) is 9.59 Å². The van der Waals surface area contributed by atoms with Crippen molar-refractivity contribution in [3.8, 4) is 0 Å². The normalized spacial score (nSPS) is 23.1. The van der Waals surface area contributed by atoms with Crippen molar-refractivity contribution in [2.75, 3.05) is 63.8 Å². The van der Waals surface area contributed by atoms with Crippen molar-refractivity contribution in [2.45, 2.75) is 44.9 Å². The van der Waals surface area contributed by atoms with Crippen LogP contribution in [0.25, 0.3) is 0 Å². The van der Waals surface area contributed by atoms with Crippen LogP contribution in [0.5, 0.6) is 0 Å². The van der Waals surface area contributed by atoms with Gasteiger partial charge < -0.3 is 14.7 Å². The van der Waals surface area contributed by atoms with Gasteiger partial charge in [-0.05, 0) is 63.2 Å². The molecule has 170 valence electrons. The zero-order valence-corrected chi connectivity index (χ0v) is 18.8. The Kier molecular flexibility index (Phi) is 7.78. The van der Waals surface area contributed by atoms with Crippen LogP contribution in [-0.2, 0) is 9.59 Å². The first kappa shape index (κ1) is 22.1. The van der Waals surface area contributed by atoms with Crippen LogP contribution in [0, 0.1) is 5.92 Å². The second kappa shape index (κ2) is 10.9. The lowest BCUT2D eigenvalue weighted by atomic mass is 9.93. The molecule has 0 aliphatic carbocycles. The number of amides is 2. The molecule has 7 nitrogen and oxygen atoms in total. The zero-order chi connectivity index (χ0) is 21.5. The number of aromatic nitrogens is 1. The molecule has 0 unspecified atom stereocenters. The quantitative estimate of drug-likeness (QED) is 0.697. The Labute approximate surface area is 186 Å². The van der Waals surface area contributed by atoms with E-state index in [-0.39, 0.29) is 11.8 Å². The molecule has 1 aromatic heterocycles. The SMILES string of the molecule is O=C(CC[C@@H]1CCCN(C(=O)CN2CCCCC2)C1)N1CCN(c2ccccn2)CC1. The van der Waals surface area contributed by atoms with Crippen LogP contribution in [0.15, 0.2) is 24.4 Å². The molecule has 4 rings (SSSR count). The summed E-state index contributed by atoms with van der Waals surface area (Å²) in [4.78, 5) is 38.5. The summed E-state index contributed by atoms with van der Waals surface area (Å²) in [5, 5.41) is 0. The molecule has 0 radical (unpaired) electrons. The highest BCUT2D eigenvalue weighted by Crippen LogP contribution is 2.22. The van der Waals surface area contributed by atoms with E-state index < -0.39 is 0 Å². The van der Waals surface area contributed by atoms with Crippen molar-refractivity contribution < 1.29 is 9.59 Å². The molecule has 0 spiro atoms. The minimum absolute atomic E-state index is 0.262. The van der Waals surface area contributed by atoms with Crippen LogP contribution in [-0.4, -0.2) is 90.4 Å². The predicted molar refractivity (Wildman–Crippen MR) is 122 cm³/mol. The average Bonchev–Trinajstić information content (AvgIpc) is 2.84. The van der Waals surface area contributed by atoms with Gasteiger partial charge in [-0.3, -0.25) is 14.5 Å². The molecule has 3 fully saturated rings. The first-order valence-corrected chi connectivity index (χ1v) is 12.1. The standard InChI is InChI=1S/C24H37N5O2/c30-23(28-17-15-27(16-18-28)22-8-2-3-11-25-22)10-9-21-7-6-14-29(19-21)24(31)20-26-12-4-1-5-13-26/h2-3,8,11,21H,1,4-7,9-10,12-20H2/t21-/m0/s1. The fourth-order valence-corrected chi connectivity index (χ4v) is 5.15. The molecular formula is C24H37N5O2. The molecule has 31 heavy (non-hydrogen) atoms. The summed E-state index contributed by atoms with van der Waals surface area (Å²) in [6.45, 7) is 7.61. The van der Waals surface area contributed by atoms with E-state index in [0.717, 1.165) is 77.4 Å². The zero-order valence-electron chi connectivity index (χ0n) is 18.8. The molecule has 3 aliphatic heterocycles. The number of piperazine rings is 1. The second-order valence-corrected chi connectivity index (χ2v) is 9.28. The fraction of sp³-hybridized carbons (Fsp3) is 0.708. The van der Waals surface area contributed by atoms with Gasteiger partial charge in [-0.25, -0.2) is 4.98 Å². The van der Waals surface area contributed by atoms with Crippen LogP contribution in [0.2, 0.25) is 0 Å². The van der Waals surface area contributed by atoms with E-state index in [4.69, 9.17) is 0 Å². The molecule has 1 aromatic rings. The summed E-state index contributed by atoms with van der Waals surface area (Å²) in [5.41, 5.74) is 0. The minimum Gasteiger partial charge on any atom is -0.353 e. The van der Waals surface area contributed by atoms with Crippen LogP contribution < -0.4 is 4.90 Å². The third kappa shape index (κ3) is 6.19. The Balaban J connectivity index is 1.17. The summed E-state index contributed by atoms with van der Waals surface area (Å²) in [6, 6.07) is 5.96. The van der Waals surface area contributed by atoms with Crippen LogP contribution >= 0.6 is 0 Å². The summed E-state index contributed by atoms with van der Waals surface area (Å²) < 4.78 is 0. The Morgan fingerprint density at radius 3 is 2.42 bits per heavy atom. The number of piperidine rings is 2. The molecule has 3 saturated heterocycles. The molecule has 1 atom stereocenters. The van der Waals surface area contributed by atoms with Crippen molar-refractivity contribution in [3.05, 3.63) is 24.4 Å². The smallest absolute Gasteiger partial charge is 0.236 e. The van der Waals surface area contributed by atoms with Crippen LogP contribution in [0.3, 0.4) is 0 Å². The van der Waals surface area contributed by atoms with Gasteiger partial charge in [0.15, 0.2) is 0 Å². The average molecular weight is 428 g/mol. The molecule has 2 amide bonds. The molecule has 0 saturated carbocycles. The summed E-state index contributed by atoms with van der Waals surface area (Å²) in [7, 11) is 0. The topological polar surface area (TPSA) is 60.0 Å². The highest BCUT2D eigenvalue weighted by Gasteiger charge is 2.27. The summed E-state index contributed by atoms with van der Waals surface area (Å²) >= 11 is 0. The third-order valence-electron chi connectivity index (χ3n) is 7.05. The van der Waals surface area contributed by atoms with Gasteiger partial charge in [-0.2, -0.15) is 0 Å². The van der Waals surface area contributed by atoms with Crippen molar-refractivity contribution in [3.63, 3.8) is 0 Å². The van der Waals surface area contributed by atoms with E-state index in [1.807, 2.05) is 29.3 Å². The molecule has 4 heterocycles. The van der Waals surface area contributed by atoms with E-state index >= 15 is 0 Å². The van der Waals surface area contributed by atoms with Gasteiger partial charge in [-0.15, -0.1) is 0 Å². The summed E-state index contributed by atoms with van der Waals surface area (Å²) in [5.74, 6) is 1.99. The number of carbonyl (C=O) groups is 2. The highest BCUT2D eigenvalue weighted by atomic mass is 16.2. The van der Waals surface area contributed by atoms with E-state index in [1.54, 1.807) is 0 Å². The number of nitrogens with zero attached hydrogens (tertiary/aromatic N) is 5. The maximum atomic E-state index is 12.8. The largest absolute Gasteiger partial charge is 0.353 e. The number of hydrogen-bond donors (Lipinski definition) is 0. The first-order chi connectivity index (χ1) is 15.2. The van der Waals surface area contributed by atoms with Crippen molar-refractivity contribution in [1.82, 2.24) is 19.7 Å². The third-order valence-corrected chi connectivity index (χ3v) is 7.05. The monoisotopic (exact) mass is 427 g/mol. The van der Waals surface area contributed by atoms with Crippen LogP contribution in [0.1, 0.15) is 44.9 Å². The van der Waals surface area contributed by atoms with Gasteiger partial charge in [0.1, 0.15) is 5.82 Å². The minimum atomic E-state index is 0.262. The van der Waals surface area contributed by atoms with Crippen molar-refractivity contribution in [2.24, 2.45) is 5.92 Å². The fourth-order valence-electron chi connectivity index (χ4n) is 5.15. The van der Waals surface area contributed by atoms with Gasteiger partial charge in [0.2, 0.25) is 11.8 Å². The van der Waals surface area contributed by atoms with Gasteiger partial charge in [0.25, 0.3) is 0 Å². The van der Waals surface area contributed by atoms with Crippen LogP contribution in [0.4, 0.5) is 5.82 Å². The molecular weight excluding hydrogens is 390 g/mol. The Hall–Kier alpha value is -2.15. The number of carbonyl (C=O) groups excluding carboxylic acids is 2. The lowest BCUT2D eigenvalue weighted by molar-refractivity contribution is -0.134. The van der Waals surface area contributed by atoms with Crippen molar-refractivity contribution in [1.29, 1.82) is 0 Å². The van der Waals surface area contributed by atoms with E-state index in [2.05, 4.69) is 19.7 Å². The predicted octanol–water partition coefficient (Wildman–Crippen LogP) is 2.23. The van der Waals surface area contributed by atoms with Gasteiger partial charge in [0, 0.05) is 51.9 Å². The van der Waals surface area contributed by atoms with E-state index in [0.29, 0.717) is 18.9 Å². The molecule has 0 aromatic carbocycles. The van der Waals surface area contributed by atoms with Gasteiger partial charge in [0.05, 0.1) is 6.54 Å². The number of likely N-dealkylation sites (tertiary alicyclic amines) is 2. The second-order valence-electron chi connectivity index (χ2n) is 9.28. The number of anilines is 1. The maximum absolute atomic E-state index is 12.8.